The third kappa shape index (κ3) is 4.65. The first-order chi connectivity index (χ1) is 2.77. The molecule has 3 heteroatoms. The molecule has 0 saturated carbocycles. The van der Waals surface area contributed by atoms with Crippen molar-refractivity contribution in [3.8, 4) is 0 Å². The average Bonchev–Trinajstić information content (AvgIpc) is 1.35. The van der Waals surface area contributed by atoms with Gasteiger partial charge in [-0.1, -0.05) is 22.6 Å². The van der Waals surface area contributed by atoms with Crippen LogP contribution in [0.25, 0.3) is 0 Å². The lowest BCUT2D eigenvalue weighted by atomic mass is 10.5. The van der Waals surface area contributed by atoms with Gasteiger partial charge in [-0.3, -0.25) is 0 Å². The van der Waals surface area contributed by atoms with Crippen LogP contribution in [0, 0.1) is 0 Å². The van der Waals surface area contributed by atoms with Crippen molar-refractivity contribution in [3.63, 3.8) is 0 Å². The maximum absolute atomic E-state index is 8.15. The zero-order valence-corrected chi connectivity index (χ0v) is 5.55. The fourth-order valence-corrected chi connectivity index (χ4v) is 0.402. The standard InChI is InChI=1S/C3H8INO/c4-3(5)1-2-6/h3,6H,1-2,5H2. The van der Waals surface area contributed by atoms with E-state index in [0.29, 0.717) is 6.42 Å². The van der Waals surface area contributed by atoms with Crippen LogP contribution in [0.3, 0.4) is 0 Å². The molecule has 0 aromatic heterocycles. The van der Waals surface area contributed by atoms with Crippen molar-refractivity contribution >= 4 is 22.6 Å². The SMILES string of the molecule is NC(I)CCO. The first kappa shape index (κ1) is 6.65. The van der Waals surface area contributed by atoms with Gasteiger partial charge in [0.2, 0.25) is 0 Å². The summed E-state index contributed by atoms with van der Waals surface area (Å²) in [6, 6.07) is 0. The Kier molecular flexibility index (Phi) is 4.24. The minimum Gasteiger partial charge on any atom is -0.396 e. The van der Waals surface area contributed by atoms with E-state index in [2.05, 4.69) is 22.6 Å². The number of halogens is 1. The summed E-state index contributed by atoms with van der Waals surface area (Å²) < 4.78 is 0.118. The second-order valence-corrected chi connectivity index (χ2v) is 2.63. The van der Waals surface area contributed by atoms with E-state index >= 15 is 0 Å². The molecule has 0 bridgehead atoms. The van der Waals surface area contributed by atoms with E-state index in [4.69, 9.17) is 10.8 Å². The molecule has 1 atom stereocenters. The van der Waals surface area contributed by atoms with E-state index in [1.165, 1.54) is 0 Å². The van der Waals surface area contributed by atoms with Gasteiger partial charge < -0.3 is 10.8 Å². The Hall–Kier alpha value is 0.650. The molecule has 1 unspecified atom stereocenters. The monoisotopic (exact) mass is 201 g/mol. The molecule has 0 radical (unpaired) electrons. The van der Waals surface area contributed by atoms with Crippen molar-refractivity contribution in [2.75, 3.05) is 6.61 Å². The molecule has 3 N–H and O–H groups in total. The van der Waals surface area contributed by atoms with Crippen LogP contribution in [-0.4, -0.2) is 15.8 Å². The number of hydrogen-bond donors (Lipinski definition) is 2. The Bertz CT molecular complexity index is 32.0. The van der Waals surface area contributed by atoms with E-state index in [1.807, 2.05) is 0 Å². The van der Waals surface area contributed by atoms with Crippen LogP contribution in [0.4, 0.5) is 0 Å². The number of aliphatic hydroxyl groups is 1. The zero-order valence-electron chi connectivity index (χ0n) is 3.39. The number of aliphatic hydroxyl groups excluding tert-OH is 1. The molecule has 0 fully saturated rings. The van der Waals surface area contributed by atoms with Crippen molar-refractivity contribution in [2.45, 2.75) is 10.5 Å². The van der Waals surface area contributed by atoms with Gasteiger partial charge in [-0.2, -0.15) is 0 Å². The summed E-state index contributed by atoms with van der Waals surface area (Å²) in [6.07, 6.45) is 0.695. The number of nitrogens with two attached hydrogens (primary N) is 1. The zero-order chi connectivity index (χ0) is 4.99. The van der Waals surface area contributed by atoms with Gasteiger partial charge >= 0.3 is 0 Å². The highest BCUT2D eigenvalue weighted by atomic mass is 127. The molecule has 0 spiro atoms. The molecule has 0 saturated heterocycles. The van der Waals surface area contributed by atoms with Crippen molar-refractivity contribution in [1.82, 2.24) is 0 Å². The fourth-order valence-electron chi connectivity index (χ4n) is 0.123. The van der Waals surface area contributed by atoms with Crippen LogP contribution in [0.5, 0.6) is 0 Å². The summed E-state index contributed by atoms with van der Waals surface area (Å²) >= 11 is 2.06. The molecule has 0 amide bonds. The largest absolute Gasteiger partial charge is 0.396 e. The van der Waals surface area contributed by atoms with Gasteiger partial charge in [0.1, 0.15) is 0 Å². The van der Waals surface area contributed by atoms with Gasteiger partial charge in [0.05, 0.1) is 4.05 Å². The predicted octanol–water partition coefficient (Wildman–Crippen LogP) is 0.0886. The van der Waals surface area contributed by atoms with Gasteiger partial charge in [0, 0.05) is 6.61 Å². The van der Waals surface area contributed by atoms with Gasteiger partial charge in [0.15, 0.2) is 0 Å². The molecule has 0 aliphatic heterocycles. The maximum Gasteiger partial charge on any atom is 0.0590 e. The number of hydrogen-bond acceptors (Lipinski definition) is 2. The van der Waals surface area contributed by atoms with E-state index < -0.39 is 0 Å². The second kappa shape index (κ2) is 3.83. The third-order valence-corrected chi connectivity index (χ3v) is 1.03. The average molecular weight is 201 g/mol. The minimum atomic E-state index is 0.118. The Morgan fingerprint density at radius 1 is 1.83 bits per heavy atom. The third-order valence-electron chi connectivity index (χ3n) is 0.405. The highest BCUT2D eigenvalue weighted by molar-refractivity contribution is 14.1. The summed E-state index contributed by atoms with van der Waals surface area (Å²) in [6.45, 7) is 0.199. The molecule has 0 aliphatic carbocycles. The van der Waals surface area contributed by atoms with E-state index in [0.717, 1.165) is 0 Å². The Labute approximate surface area is 50.9 Å². The highest BCUT2D eigenvalue weighted by Crippen LogP contribution is 1.93. The molecular formula is C3H8INO. The van der Waals surface area contributed by atoms with Crippen LogP contribution >= 0.6 is 22.6 Å². The van der Waals surface area contributed by atoms with Crippen LogP contribution in [0.2, 0.25) is 0 Å². The molecule has 2 nitrogen and oxygen atoms in total. The first-order valence-corrected chi connectivity index (χ1v) is 3.02. The highest BCUT2D eigenvalue weighted by Gasteiger charge is 1.88. The van der Waals surface area contributed by atoms with Crippen LogP contribution in [0.1, 0.15) is 6.42 Å². The molecule has 0 aromatic rings. The summed E-state index contributed by atoms with van der Waals surface area (Å²) in [4.78, 5) is 0. The van der Waals surface area contributed by atoms with Crippen molar-refractivity contribution in [1.29, 1.82) is 0 Å². The van der Waals surface area contributed by atoms with Crippen molar-refractivity contribution < 1.29 is 5.11 Å². The Morgan fingerprint density at radius 2 is 2.33 bits per heavy atom. The lowest BCUT2D eigenvalue weighted by Crippen LogP contribution is -2.11. The molecule has 38 valence electrons. The topological polar surface area (TPSA) is 46.2 Å². The van der Waals surface area contributed by atoms with Crippen LogP contribution in [0.15, 0.2) is 0 Å². The van der Waals surface area contributed by atoms with E-state index in [-0.39, 0.29) is 10.7 Å². The van der Waals surface area contributed by atoms with Crippen molar-refractivity contribution in [3.05, 3.63) is 0 Å². The molecule has 0 rings (SSSR count). The van der Waals surface area contributed by atoms with Crippen LogP contribution < -0.4 is 5.73 Å². The molecule has 6 heavy (non-hydrogen) atoms. The summed E-state index contributed by atoms with van der Waals surface area (Å²) in [5.74, 6) is 0. The molecule has 0 heterocycles. The summed E-state index contributed by atoms with van der Waals surface area (Å²) in [5, 5.41) is 8.15. The Morgan fingerprint density at radius 3 is 2.33 bits per heavy atom. The predicted molar refractivity (Wildman–Crippen MR) is 33.7 cm³/mol. The summed E-state index contributed by atoms with van der Waals surface area (Å²) in [5.41, 5.74) is 5.23. The number of rotatable bonds is 2. The lowest BCUT2D eigenvalue weighted by Gasteiger charge is -1.94. The van der Waals surface area contributed by atoms with E-state index in [9.17, 15) is 0 Å². The normalized spacial score (nSPS) is 14.5. The van der Waals surface area contributed by atoms with Crippen molar-refractivity contribution in [2.24, 2.45) is 5.73 Å². The van der Waals surface area contributed by atoms with Gasteiger partial charge in [0.25, 0.3) is 0 Å². The maximum atomic E-state index is 8.15. The molecule has 0 aliphatic rings. The van der Waals surface area contributed by atoms with Gasteiger partial charge in [-0.25, -0.2) is 0 Å². The van der Waals surface area contributed by atoms with E-state index in [1.54, 1.807) is 0 Å². The minimum absolute atomic E-state index is 0.118. The smallest absolute Gasteiger partial charge is 0.0590 e. The lowest BCUT2D eigenvalue weighted by molar-refractivity contribution is 0.289. The number of alkyl halides is 1. The van der Waals surface area contributed by atoms with Gasteiger partial charge in [-0.05, 0) is 6.42 Å². The Balaban J connectivity index is 2.63. The molecule has 0 aromatic carbocycles. The molecular weight excluding hydrogens is 193 g/mol. The fraction of sp³-hybridized carbons (Fsp3) is 1.00. The quantitative estimate of drug-likeness (QED) is 0.377. The first-order valence-electron chi connectivity index (χ1n) is 1.78. The summed E-state index contributed by atoms with van der Waals surface area (Å²) in [7, 11) is 0. The second-order valence-electron chi connectivity index (χ2n) is 1.03. The van der Waals surface area contributed by atoms with Crippen LogP contribution in [-0.2, 0) is 0 Å². The van der Waals surface area contributed by atoms with Gasteiger partial charge in [-0.15, -0.1) is 0 Å².